The van der Waals surface area contributed by atoms with Crippen molar-refractivity contribution < 1.29 is 4.79 Å². The number of carbonyl (C=O) groups is 1. The molecular formula is C13H24N4OS. The summed E-state index contributed by atoms with van der Waals surface area (Å²) in [5.41, 5.74) is 5.95. The number of carbonyl (C=O) groups excluding carboxylic acids is 1. The van der Waals surface area contributed by atoms with Crippen molar-refractivity contribution in [2.45, 2.75) is 27.7 Å². The summed E-state index contributed by atoms with van der Waals surface area (Å²) in [6.07, 6.45) is 0. The van der Waals surface area contributed by atoms with Crippen molar-refractivity contribution in [3.63, 3.8) is 0 Å². The third-order valence-electron chi connectivity index (χ3n) is 3.28. The summed E-state index contributed by atoms with van der Waals surface area (Å²) in [5, 5.41) is 3.67. The van der Waals surface area contributed by atoms with Gasteiger partial charge in [-0.1, -0.05) is 39.0 Å². The van der Waals surface area contributed by atoms with E-state index in [-0.39, 0.29) is 11.3 Å². The molecule has 19 heavy (non-hydrogen) atoms. The number of anilines is 2. The van der Waals surface area contributed by atoms with Crippen molar-refractivity contribution in [2.24, 2.45) is 11.3 Å². The molecule has 0 aliphatic heterocycles. The van der Waals surface area contributed by atoms with E-state index in [2.05, 4.69) is 38.0 Å². The third-order valence-corrected chi connectivity index (χ3v) is 4.52. The first-order chi connectivity index (χ1) is 8.62. The van der Waals surface area contributed by atoms with Crippen LogP contribution in [-0.2, 0) is 0 Å². The summed E-state index contributed by atoms with van der Waals surface area (Å²) in [6, 6.07) is 0. The molecule has 0 aromatic carbocycles. The smallest absolute Gasteiger partial charge is 0.265 e. The van der Waals surface area contributed by atoms with Gasteiger partial charge in [0.15, 0.2) is 5.13 Å². The second kappa shape index (κ2) is 5.77. The minimum absolute atomic E-state index is 0.140. The fraction of sp³-hybridized carbons (Fsp3) is 0.692. The number of nitrogens with one attached hydrogen (secondary N) is 1. The van der Waals surface area contributed by atoms with Crippen LogP contribution < -0.4 is 16.0 Å². The van der Waals surface area contributed by atoms with Gasteiger partial charge in [0.25, 0.3) is 5.91 Å². The molecule has 0 spiro atoms. The number of hydrogen-bond acceptors (Lipinski definition) is 5. The zero-order chi connectivity index (χ0) is 14.8. The fourth-order valence-corrected chi connectivity index (χ4v) is 2.13. The summed E-state index contributed by atoms with van der Waals surface area (Å²) < 4.78 is 0. The number of amides is 1. The number of rotatable bonds is 4. The Morgan fingerprint density at radius 3 is 2.47 bits per heavy atom. The number of nitrogen functional groups attached to an aromatic ring is 1. The maximum absolute atomic E-state index is 12.1. The van der Waals surface area contributed by atoms with Gasteiger partial charge >= 0.3 is 0 Å². The quantitative estimate of drug-likeness (QED) is 0.889. The van der Waals surface area contributed by atoms with E-state index in [0.717, 1.165) is 5.13 Å². The number of hydrogen-bond donors (Lipinski definition) is 2. The Balaban J connectivity index is 2.69. The molecule has 1 rings (SSSR count). The second-order valence-corrected chi connectivity index (χ2v) is 7.06. The minimum Gasteiger partial charge on any atom is -0.382 e. The van der Waals surface area contributed by atoms with Gasteiger partial charge in [-0.15, -0.1) is 0 Å². The average molecular weight is 284 g/mol. The number of aromatic nitrogens is 1. The molecule has 5 nitrogen and oxygen atoms in total. The molecule has 0 fully saturated rings. The van der Waals surface area contributed by atoms with Crippen LogP contribution in [0.15, 0.2) is 0 Å². The van der Waals surface area contributed by atoms with Gasteiger partial charge in [-0.05, 0) is 11.3 Å². The molecule has 0 saturated carbocycles. The van der Waals surface area contributed by atoms with Crippen LogP contribution >= 0.6 is 11.3 Å². The van der Waals surface area contributed by atoms with E-state index in [1.54, 1.807) is 0 Å². The zero-order valence-corrected chi connectivity index (χ0v) is 13.4. The van der Waals surface area contributed by atoms with Gasteiger partial charge < -0.3 is 16.0 Å². The number of nitrogens with two attached hydrogens (primary N) is 1. The molecule has 1 aromatic rings. The van der Waals surface area contributed by atoms with Gasteiger partial charge in [-0.2, -0.15) is 0 Å². The summed E-state index contributed by atoms with van der Waals surface area (Å²) in [4.78, 5) is 18.6. The van der Waals surface area contributed by atoms with Crippen LogP contribution in [0.4, 0.5) is 10.9 Å². The Labute approximate surface area is 119 Å². The Kier molecular flexibility index (Phi) is 4.79. The van der Waals surface area contributed by atoms with E-state index in [9.17, 15) is 4.79 Å². The van der Waals surface area contributed by atoms with Crippen molar-refractivity contribution in [3.8, 4) is 0 Å². The van der Waals surface area contributed by atoms with Gasteiger partial charge in [0.05, 0.1) is 0 Å². The van der Waals surface area contributed by atoms with Crippen LogP contribution in [0.2, 0.25) is 0 Å². The van der Waals surface area contributed by atoms with E-state index in [0.29, 0.717) is 23.2 Å². The van der Waals surface area contributed by atoms with Gasteiger partial charge in [0, 0.05) is 20.6 Å². The Bertz CT molecular complexity index is 448. The largest absolute Gasteiger partial charge is 0.382 e. The molecule has 1 atom stereocenters. The molecule has 0 saturated heterocycles. The van der Waals surface area contributed by atoms with Crippen LogP contribution in [0.25, 0.3) is 0 Å². The van der Waals surface area contributed by atoms with E-state index < -0.39 is 0 Å². The lowest BCUT2D eigenvalue weighted by molar-refractivity contribution is 0.0942. The molecule has 3 N–H and O–H groups in total. The number of thiazole rings is 1. The summed E-state index contributed by atoms with van der Waals surface area (Å²) in [5.74, 6) is 0.549. The standard InChI is InChI=1S/C13H24N4OS/c1-8(13(2,3)4)7-15-11(18)9-10(14)16-12(19-9)17(5)6/h8H,7,14H2,1-6H3,(H,15,18). The monoisotopic (exact) mass is 284 g/mol. The highest BCUT2D eigenvalue weighted by Crippen LogP contribution is 2.27. The Morgan fingerprint density at radius 1 is 1.47 bits per heavy atom. The number of nitrogens with zero attached hydrogens (tertiary/aromatic N) is 2. The van der Waals surface area contributed by atoms with Gasteiger partial charge in [0.2, 0.25) is 0 Å². The van der Waals surface area contributed by atoms with Gasteiger partial charge in [-0.3, -0.25) is 4.79 Å². The fourth-order valence-electron chi connectivity index (χ4n) is 1.31. The predicted molar refractivity (Wildman–Crippen MR) is 81.8 cm³/mol. The molecular weight excluding hydrogens is 260 g/mol. The molecule has 0 aliphatic rings. The second-order valence-electron chi connectivity index (χ2n) is 6.08. The molecule has 1 aromatic heterocycles. The summed E-state index contributed by atoms with van der Waals surface area (Å²) in [6.45, 7) is 9.25. The summed E-state index contributed by atoms with van der Waals surface area (Å²) >= 11 is 1.31. The molecule has 0 bridgehead atoms. The first-order valence-electron chi connectivity index (χ1n) is 6.34. The highest BCUT2D eigenvalue weighted by molar-refractivity contribution is 7.18. The lowest BCUT2D eigenvalue weighted by atomic mass is 9.82. The lowest BCUT2D eigenvalue weighted by Gasteiger charge is -2.27. The Hall–Kier alpha value is -1.30. The van der Waals surface area contributed by atoms with E-state index in [1.165, 1.54) is 11.3 Å². The minimum atomic E-state index is -0.140. The Morgan fingerprint density at radius 2 is 2.05 bits per heavy atom. The van der Waals surface area contributed by atoms with E-state index in [4.69, 9.17) is 5.73 Å². The highest BCUT2D eigenvalue weighted by atomic mass is 32.1. The van der Waals surface area contributed by atoms with E-state index >= 15 is 0 Å². The van der Waals surface area contributed by atoms with Crippen molar-refractivity contribution >= 4 is 28.2 Å². The molecule has 1 unspecified atom stereocenters. The molecule has 1 heterocycles. The van der Waals surface area contributed by atoms with Crippen LogP contribution in [0.5, 0.6) is 0 Å². The van der Waals surface area contributed by atoms with Crippen LogP contribution in [0.1, 0.15) is 37.4 Å². The van der Waals surface area contributed by atoms with Gasteiger partial charge in [-0.25, -0.2) is 4.98 Å². The maximum atomic E-state index is 12.1. The maximum Gasteiger partial charge on any atom is 0.265 e. The SMILES string of the molecule is CC(CNC(=O)c1sc(N(C)C)nc1N)C(C)(C)C. The predicted octanol–water partition coefficient (Wildman–Crippen LogP) is 2.20. The van der Waals surface area contributed by atoms with Crippen LogP contribution in [0.3, 0.4) is 0 Å². The lowest BCUT2D eigenvalue weighted by Crippen LogP contribution is -2.33. The molecule has 108 valence electrons. The summed E-state index contributed by atoms with van der Waals surface area (Å²) in [7, 11) is 3.75. The first kappa shape index (κ1) is 15.8. The first-order valence-corrected chi connectivity index (χ1v) is 7.16. The van der Waals surface area contributed by atoms with Crippen molar-refractivity contribution in [1.29, 1.82) is 0 Å². The van der Waals surface area contributed by atoms with E-state index in [1.807, 2.05) is 19.0 Å². The topological polar surface area (TPSA) is 71.2 Å². The molecule has 6 heteroatoms. The van der Waals surface area contributed by atoms with Crippen LogP contribution in [-0.4, -0.2) is 31.5 Å². The normalized spacial score (nSPS) is 13.2. The molecule has 0 radical (unpaired) electrons. The van der Waals surface area contributed by atoms with Crippen molar-refractivity contribution in [2.75, 3.05) is 31.3 Å². The van der Waals surface area contributed by atoms with Crippen LogP contribution in [0, 0.1) is 11.3 Å². The van der Waals surface area contributed by atoms with Gasteiger partial charge in [0.1, 0.15) is 10.7 Å². The molecule has 1 amide bonds. The molecule has 0 aliphatic carbocycles. The van der Waals surface area contributed by atoms with Crippen molar-refractivity contribution in [1.82, 2.24) is 10.3 Å². The zero-order valence-electron chi connectivity index (χ0n) is 12.6. The average Bonchev–Trinajstić information content (AvgIpc) is 2.66. The highest BCUT2D eigenvalue weighted by Gasteiger charge is 2.22. The van der Waals surface area contributed by atoms with Crippen molar-refractivity contribution in [3.05, 3.63) is 4.88 Å². The third kappa shape index (κ3) is 4.09.